The number of ether oxygens (including phenoxy) is 1. The first-order valence-electron chi connectivity index (χ1n) is 8.58. The Labute approximate surface area is 186 Å². The smallest absolute Gasteiger partial charge is 0.430 e. The number of nitrogens with zero attached hydrogens (tertiary/aromatic N) is 4. The molecule has 17 heteroatoms. The normalized spacial score (nSPS) is 20.2. The fourth-order valence-corrected chi connectivity index (χ4v) is 4.56. The van der Waals surface area contributed by atoms with Crippen LogP contribution in [-0.4, -0.2) is 78.7 Å². The van der Waals surface area contributed by atoms with Crippen molar-refractivity contribution < 1.29 is 38.7 Å². The lowest BCUT2D eigenvalue weighted by atomic mass is 10.0. The second-order valence-corrected chi connectivity index (χ2v) is 8.09. The van der Waals surface area contributed by atoms with Crippen LogP contribution in [0.5, 0.6) is 0 Å². The monoisotopic (exact) mass is 485 g/mol. The lowest BCUT2D eigenvalue weighted by molar-refractivity contribution is -0.150. The van der Waals surface area contributed by atoms with E-state index >= 15 is 0 Å². The SMILES string of the molecule is CC(=O)OCC1=C(C(=O)O)N2C(=O)[C@@H](NC(=O)/C(=N/OC(N)=O)c3nsc(N)n3)[C@H]2SC1. The van der Waals surface area contributed by atoms with Crippen LogP contribution in [0.1, 0.15) is 12.7 Å². The summed E-state index contributed by atoms with van der Waals surface area (Å²) in [7, 11) is 0. The molecule has 3 heterocycles. The number of carboxylic acid groups (broad SMARTS) is 1. The minimum absolute atomic E-state index is 0.00449. The number of esters is 1. The zero-order valence-corrected chi connectivity index (χ0v) is 17.8. The molecule has 3 amide bonds. The molecule has 1 saturated heterocycles. The molecule has 2 aliphatic heterocycles. The standard InChI is InChI=1S/C15H15N7O8S2/c1-4(23)29-2-5-3-31-12-7(11(25)22(12)8(5)13(26)27)18-10(24)6(20-30-15(17)28)9-19-14(16)32-21-9/h7,12H,2-3H2,1H3,(H2,17,28)(H,18,24)(H,26,27)(H2,16,19,21)/b20-6+/t7-,12-/m1/s1. The van der Waals surface area contributed by atoms with E-state index in [9.17, 15) is 29.1 Å². The number of carboxylic acids is 1. The van der Waals surface area contributed by atoms with E-state index in [-0.39, 0.29) is 34.6 Å². The molecule has 0 unspecified atom stereocenters. The number of nitrogens with two attached hydrogens (primary N) is 2. The third-order valence-corrected chi connectivity index (χ3v) is 5.96. The first kappa shape index (κ1) is 22.9. The first-order chi connectivity index (χ1) is 15.1. The number of carbonyl (C=O) groups is 5. The quantitative estimate of drug-likeness (QED) is 0.110. The maximum Gasteiger partial charge on any atom is 0.430 e. The highest BCUT2D eigenvalue weighted by Gasteiger charge is 2.54. The van der Waals surface area contributed by atoms with Crippen LogP contribution in [0.15, 0.2) is 16.4 Å². The predicted octanol–water partition coefficient (Wildman–Crippen LogP) is -1.78. The Morgan fingerprint density at radius 2 is 2.09 bits per heavy atom. The molecule has 0 bridgehead atoms. The number of thioether (sulfide) groups is 1. The molecule has 0 aromatic carbocycles. The summed E-state index contributed by atoms with van der Waals surface area (Å²) in [6.45, 7) is 0.891. The number of fused-ring (bicyclic) bond motifs is 1. The van der Waals surface area contributed by atoms with Gasteiger partial charge in [0.25, 0.3) is 11.8 Å². The van der Waals surface area contributed by atoms with Crippen LogP contribution in [0.2, 0.25) is 0 Å². The van der Waals surface area contributed by atoms with Crippen LogP contribution in [0.4, 0.5) is 9.93 Å². The number of rotatable bonds is 7. The van der Waals surface area contributed by atoms with Crippen molar-refractivity contribution in [1.82, 2.24) is 19.6 Å². The Morgan fingerprint density at radius 3 is 2.66 bits per heavy atom. The van der Waals surface area contributed by atoms with Crippen molar-refractivity contribution in [3.63, 3.8) is 0 Å². The average molecular weight is 485 g/mol. The summed E-state index contributed by atoms with van der Waals surface area (Å²) < 4.78 is 8.65. The van der Waals surface area contributed by atoms with Crippen LogP contribution in [0.3, 0.4) is 0 Å². The van der Waals surface area contributed by atoms with Gasteiger partial charge in [-0.05, 0) is 0 Å². The molecule has 3 rings (SSSR count). The summed E-state index contributed by atoms with van der Waals surface area (Å²) in [5, 5.41) is 14.5. The van der Waals surface area contributed by atoms with Gasteiger partial charge in [0, 0.05) is 29.8 Å². The summed E-state index contributed by atoms with van der Waals surface area (Å²) in [5.41, 5.74) is 9.71. The Kier molecular flexibility index (Phi) is 6.58. The number of carbonyl (C=O) groups excluding carboxylic acids is 4. The molecule has 1 fully saturated rings. The van der Waals surface area contributed by atoms with E-state index in [2.05, 4.69) is 24.7 Å². The van der Waals surface area contributed by atoms with Gasteiger partial charge in [-0.1, -0.05) is 5.16 Å². The minimum Gasteiger partial charge on any atom is -0.477 e. The van der Waals surface area contributed by atoms with Crippen molar-refractivity contribution in [2.75, 3.05) is 18.1 Å². The number of anilines is 1. The third-order valence-electron chi connectivity index (χ3n) is 4.08. The molecule has 32 heavy (non-hydrogen) atoms. The number of amides is 3. The van der Waals surface area contributed by atoms with Gasteiger partial charge < -0.3 is 26.6 Å². The maximum atomic E-state index is 12.7. The molecule has 0 saturated carbocycles. The number of β-lactam (4-membered cyclic amide) rings is 1. The fourth-order valence-electron chi connectivity index (χ4n) is 2.80. The van der Waals surface area contributed by atoms with Crippen molar-refractivity contribution in [3.8, 4) is 0 Å². The van der Waals surface area contributed by atoms with E-state index in [0.29, 0.717) is 0 Å². The number of primary amides is 1. The van der Waals surface area contributed by atoms with Gasteiger partial charge in [-0.15, -0.1) is 11.8 Å². The molecule has 6 N–H and O–H groups in total. The van der Waals surface area contributed by atoms with Crippen molar-refractivity contribution in [2.24, 2.45) is 10.9 Å². The van der Waals surface area contributed by atoms with Gasteiger partial charge in [0.1, 0.15) is 23.7 Å². The van der Waals surface area contributed by atoms with Crippen LogP contribution in [-0.2, 0) is 28.8 Å². The number of nitrogen functional groups attached to an aromatic ring is 1. The summed E-state index contributed by atoms with van der Waals surface area (Å²) in [6, 6.07) is -1.12. The predicted molar refractivity (Wildman–Crippen MR) is 108 cm³/mol. The van der Waals surface area contributed by atoms with E-state index in [4.69, 9.17) is 16.2 Å². The minimum atomic E-state index is -1.38. The molecule has 0 radical (unpaired) electrons. The molecule has 15 nitrogen and oxygen atoms in total. The topological polar surface area (TPSA) is 229 Å². The van der Waals surface area contributed by atoms with Gasteiger partial charge in [0.05, 0.1) is 0 Å². The Bertz CT molecular complexity index is 1070. The summed E-state index contributed by atoms with van der Waals surface area (Å²) in [6.07, 6.45) is -1.30. The molecular formula is C15H15N7O8S2. The number of oxime groups is 1. The zero-order valence-electron chi connectivity index (χ0n) is 16.1. The molecule has 1 aromatic rings. The molecule has 170 valence electrons. The highest BCUT2D eigenvalue weighted by atomic mass is 32.2. The number of nitrogens with one attached hydrogen (secondary N) is 1. The van der Waals surface area contributed by atoms with Gasteiger partial charge >= 0.3 is 18.0 Å². The van der Waals surface area contributed by atoms with E-state index in [0.717, 1.165) is 28.2 Å². The van der Waals surface area contributed by atoms with Crippen molar-refractivity contribution in [1.29, 1.82) is 0 Å². The van der Waals surface area contributed by atoms with Crippen LogP contribution < -0.4 is 16.8 Å². The average Bonchev–Trinajstić information content (AvgIpc) is 3.15. The van der Waals surface area contributed by atoms with Crippen LogP contribution >= 0.6 is 23.3 Å². The van der Waals surface area contributed by atoms with Gasteiger partial charge in [0.15, 0.2) is 5.13 Å². The first-order valence-corrected chi connectivity index (χ1v) is 10.4. The summed E-state index contributed by atoms with van der Waals surface area (Å²) in [4.78, 5) is 68.0. The van der Waals surface area contributed by atoms with E-state index in [1.807, 2.05) is 0 Å². The highest BCUT2D eigenvalue weighted by Crippen LogP contribution is 2.40. The van der Waals surface area contributed by atoms with Gasteiger partial charge in [-0.3, -0.25) is 24.1 Å². The van der Waals surface area contributed by atoms with Crippen molar-refractivity contribution in [2.45, 2.75) is 18.3 Å². The summed E-state index contributed by atoms with van der Waals surface area (Å²) in [5.74, 6) is -3.79. The number of hydrogen-bond acceptors (Lipinski definition) is 13. The Hall–Kier alpha value is -3.73. The van der Waals surface area contributed by atoms with Gasteiger partial charge in [-0.25, -0.2) is 9.59 Å². The van der Waals surface area contributed by atoms with Gasteiger partial charge in [-0.2, -0.15) is 9.36 Å². The van der Waals surface area contributed by atoms with Crippen molar-refractivity contribution in [3.05, 3.63) is 17.1 Å². The zero-order chi connectivity index (χ0) is 23.6. The lowest BCUT2D eigenvalue weighted by Crippen LogP contribution is -2.71. The maximum absolute atomic E-state index is 12.7. The largest absolute Gasteiger partial charge is 0.477 e. The van der Waals surface area contributed by atoms with E-state index in [1.54, 1.807) is 0 Å². The van der Waals surface area contributed by atoms with Gasteiger partial charge in [0.2, 0.25) is 11.5 Å². The summed E-state index contributed by atoms with van der Waals surface area (Å²) >= 11 is 1.91. The Balaban J connectivity index is 1.79. The molecule has 0 spiro atoms. The number of hydrogen-bond donors (Lipinski definition) is 4. The molecule has 2 aliphatic rings. The molecule has 1 aromatic heterocycles. The molecule has 2 atom stereocenters. The highest BCUT2D eigenvalue weighted by molar-refractivity contribution is 8.00. The van der Waals surface area contributed by atoms with E-state index < -0.39 is 47.0 Å². The van der Waals surface area contributed by atoms with Crippen molar-refractivity contribution >= 4 is 64.0 Å². The second-order valence-electron chi connectivity index (χ2n) is 6.20. The molecular weight excluding hydrogens is 470 g/mol. The number of aliphatic carboxylic acids is 1. The lowest BCUT2D eigenvalue weighted by Gasteiger charge is -2.49. The third kappa shape index (κ3) is 4.62. The van der Waals surface area contributed by atoms with Crippen LogP contribution in [0.25, 0.3) is 0 Å². The molecule has 0 aliphatic carbocycles. The van der Waals surface area contributed by atoms with E-state index in [1.165, 1.54) is 6.92 Å². The van der Waals surface area contributed by atoms with Crippen LogP contribution in [0, 0.1) is 0 Å². The number of aromatic nitrogens is 2. The Morgan fingerprint density at radius 1 is 1.38 bits per heavy atom. The fraction of sp³-hybridized carbons (Fsp3) is 0.333. The second kappa shape index (κ2) is 9.18.